The summed E-state index contributed by atoms with van der Waals surface area (Å²) in [7, 11) is 3.31. The normalized spacial score (nSPS) is 16.1. The van der Waals surface area contributed by atoms with Gasteiger partial charge in [-0.25, -0.2) is 0 Å². The highest BCUT2D eigenvalue weighted by Gasteiger charge is 2.26. The highest BCUT2D eigenvalue weighted by Crippen LogP contribution is 2.27. The zero-order valence-electron chi connectivity index (χ0n) is 18.5. The number of carbonyl (C=O) groups excluding carboxylic acids is 1. The van der Waals surface area contributed by atoms with E-state index in [1.807, 2.05) is 25.1 Å². The van der Waals surface area contributed by atoms with Crippen LogP contribution in [0.4, 0.5) is 14.5 Å². The van der Waals surface area contributed by atoms with Crippen molar-refractivity contribution in [2.24, 2.45) is 0 Å². The monoisotopic (exact) mass is 465 g/mol. The minimum atomic E-state index is -2.46. The Balaban J connectivity index is 1.50. The molecule has 32 heavy (non-hydrogen) atoms. The molecule has 1 heterocycles. The van der Waals surface area contributed by atoms with Crippen LogP contribution in [0.25, 0.3) is 0 Å². The molecule has 1 aliphatic heterocycles. The first kappa shape index (κ1) is 24.3. The molecule has 0 bridgehead atoms. The second-order valence-corrected chi connectivity index (χ2v) is 8.62. The Morgan fingerprint density at radius 1 is 1.06 bits per heavy atom. The number of carbonyl (C=O) groups is 1. The number of benzene rings is 2. The van der Waals surface area contributed by atoms with E-state index in [2.05, 4.69) is 15.1 Å². The topological polar surface area (TPSA) is 54.0 Å². The van der Waals surface area contributed by atoms with E-state index in [-0.39, 0.29) is 11.9 Å². The van der Waals surface area contributed by atoms with Crippen molar-refractivity contribution in [1.29, 1.82) is 0 Å². The molecule has 0 aromatic heterocycles. The summed E-state index contributed by atoms with van der Waals surface area (Å²) in [6.45, 7) is 5.83. The molecule has 1 atom stereocenters. The lowest BCUT2D eigenvalue weighted by Crippen LogP contribution is -2.52. The van der Waals surface area contributed by atoms with E-state index >= 15 is 0 Å². The number of amides is 1. The predicted molar refractivity (Wildman–Crippen MR) is 123 cm³/mol. The number of ether oxygens (including phenoxy) is 2. The largest absolute Gasteiger partial charge is 0.497 e. The van der Waals surface area contributed by atoms with Crippen LogP contribution in [0.1, 0.15) is 12.5 Å². The fourth-order valence-electron chi connectivity index (χ4n) is 3.69. The van der Waals surface area contributed by atoms with Crippen LogP contribution >= 0.6 is 11.8 Å². The average molecular weight is 466 g/mol. The number of hydrogen-bond acceptors (Lipinski definition) is 6. The zero-order valence-corrected chi connectivity index (χ0v) is 19.3. The standard InChI is InChI=1S/C23H29F2N3O3S/c1-16(22(29)26-18-4-7-20(8-5-18)32-23(24)25)28-12-10-27(11-13-28)15-17-14-19(30-2)6-9-21(17)31-3/h4-9,14,16,23H,10-13,15H2,1-3H3,(H,26,29)/t16-/m1/s1. The molecule has 1 amide bonds. The van der Waals surface area contributed by atoms with Gasteiger partial charge in [-0.2, -0.15) is 8.78 Å². The third-order valence-electron chi connectivity index (χ3n) is 5.56. The maximum atomic E-state index is 12.7. The van der Waals surface area contributed by atoms with E-state index in [9.17, 15) is 13.6 Å². The molecule has 2 aromatic rings. The third-order valence-corrected chi connectivity index (χ3v) is 6.29. The van der Waals surface area contributed by atoms with Crippen molar-refractivity contribution in [2.75, 3.05) is 45.7 Å². The number of nitrogens with one attached hydrogen (secondary N) is 1. The van der Waals surface area contributed by atoms with Crippen molar-refractivity contribution >= 4 is 23.4 Å². The van der Waals surface area contributed by atoms with Gasteiger partial charge >= 0.3 is 0 Å². The van der Waals surface area contributed by atoms with Crippen LogP contribution in [0.2, 0.25) is 0 Å². The first-order chi connectivity index (χ1) is 15.4. The van der Waals surface area contributed by atoms with Crippen molar-refractivity contribution in [3.63, 3.8) is 0 Å². The molecular formula is C23H29F2N3O3S. The Kier molecular flexibility index (Phi) is 8.72. The number of methoxy groups -OCH3 is 2. The highest BCUT2D eigenvalue weighted by molar-refractivity contribution is 7.99. The lowest BCUT2D eigenvalue weighted by atomic mass is 10.1. The summed E-state index contributed by atoms with van der Waals surface area (Å²) in [5, 5.41) is 2.88. The van der Waals surface area contributed by atoms with Crippen LogP contribution in [-0.4, -0.2) is 67.9 Å². The van der Waals surface area contributed by atoms with Crippen LogP contribution in [0, 0.1) is 0 Å². The van der Waals surface area contributed by atoms with Gasteiger partial charge < -0.3 is 14.8 Å². The summed E-state index contributed by atoms with van der Waals surface area (Å²) in [6, 6.07) is 12.0. The number of halogens is 2. The van der Waals surface area contributed by atoms with Gasteiger partial charge in [0.25, 0.3) is 5.76 Å². The van der Waals surface area contributed by atoms with Crippen LogP contribution in [0.15, 0.2) is 47.4 Å². The molecule has 0 saturated carbocycles. The predicted octanol–water partition coefficient (Wildman–Crippen LogP) is 4.16. The number of anilines is 1. The average Bonchev–Trinajstić information content (AvgIpc) is 2.80. The summed E-state index contributed by atoms with van der Waals surface area (Å²) < 4.78 is 35.7. The van der Waals surface area contributed by atoms with Gasteiger partial charge in [0.2, 0.25) is 5.91 Å². The minimum Gasteiger partial charge on any atom is -0.497 e. The van der Waals surface area contributed by atoms with Gasteiger partial charge in [-0.3, -0.25) is 14.6 Å². The molecule has 0 spiro atoms. The van der Waals surface area contributed by atoms with Gasteiger partial charge in [-0.05, 0) is 49.4 Å². The quantitative estimate of drug-likeness (QED) is 0.562. The summed E-state index contributed by atoms with van der Waals surface area (Å²) in [4.78, 5) is 17.6. The Morgan fingerprint density at radius 2 is 1.75 bits per heavy atom. The van der Waals surface area contributed by atoms with Crippen molar-refractivity contribution in [3.05, 3.63) is 48.0 Å². The van der Waals surface area contributed by atoms with E-state index in [0.29, 0.717) is 22.3 Å². The van der Waals surface area contributed by atoms with Gasteiger partial charge in [-0.1, -0.05) is 11.8 Å². The first-order valence-electron chi connectivity index (χ1n) is 10.4. The molecule has 2 aromatic carbocycles. The Morgan fingerprint density at radius 3 is 2.34 bits per heavy atom. The van der Waals surface area contributed by atoms with Crippen LogP contribution in [0.5, 0.6) is 11.5 Å². The highest BCUT2D eigenvalue weighted by atomic mass is 32.2. The summed E-state index contributed by atoms with van der Waals surface area (Å²) in [6.07, 6.45) is 0. The Hall–Kier alpha value is -2.36. The molecule has 6 nitrogen and oxygen atoms in total. The SMILES string of the molecule is COc1ccc(OC)c(CN2CCN([C@H](C)C(=O)Nc3ccc(SC(F)F)cc3)CC2)c1. The van der Waals surface area contributed by atoms with E-state index in [0.717, 1.165) is 49.8 Å². The fourth-order valence-corrected chi connectivity index (χ4v) is 4.19. The Labute approximate surface area is 191 Å². The van der Waals surface area contributed by atoms with E-state index < -0.39 is 5.76 Å². The molecule has 1 aliphatic rings. The number of hydrogen-bond donors (Lipinski definition) is 1. The van der Waals surface area contributed by atoms with Crippen molar-refractivity contribution in [2.45, 2.75) is 30.2 Å². The summed E-state index contributed by atoms with van der Waals surface area (Å²) in [5.41, 5.74) is 1.67. The number of thioether (sulfide) groups is 1. The molecule has 0 radical (unpaired) electrons. The maximum absolute atomic E-state index is 12.7. The molecule has 0 unspecified atom stereocenters. The zero-order chi connectivity index (χ0) is 23.1. The first-order valence-corrected chi connectivity index (χ1v) is 11.3. The summed E-state index contributed by atoms with van der Waals surface area (Å²) in [5.74, 6) is -0.939. The number of piperazine rings is 1. The fraction of sp³-hybridized carbons (Fsp3) is 0.435. The number of nitrogens with zero attached hydrogens (tertiary/aromatic N) is 2. The van der Waals surface area contributed by atoms with Crippen molar-refractivity contribution in [3.8, 4) is 11.5 Å². The molecule has 9 heteroatoms. The summed E-state index contributed by atoms with van der Waals surface area (Å²) >= 11 is 0.486. The second kappa shape index (κ2) is 11.5. The van der Waals surface area contributed by atoms with Crippen molar-refractivity contribution < 1.29 is 23.0 Å². The minimum absolute atomic E-state index is 0.109. The van der Waals surface area contributed by atoms with Gasteiger partial charge in [0.15, 0.2) is 0 Å². The third kappa shape index (κ3) is 6.57. The number of rotatable bonds is 9. The van der Waals surface area contributed by atoms with Crippen LogP contribution in [0.3, 0.4) is 0 Å². The lowest BCUT2D eigenvalue weighted by molar-refractivity contribution is -0.121. The molecule has 1 saturated heterocycles. The lowest BCUT2D eigenvalue weighted by Gasteiger charge is -2.37. The Bertz CT molecular complexity index is 891. The number of alkyl halides is 2. The molecule has 1 N–H and O–H groups in total. The molecule has 3 rings (SSSR count). The van der Waals surface area contributed by atoms with Gasteiger partial charge in [0, 0.05) is 48.9 Å². The van der Waals surface area contributed by atoms with Crippen LogP contribution < -0.4 is 14.8 Å². The van der Waals surface area contributed by atoms with Gasteiger partial charge in [0.1, 0.15) is 11.5 Å². The van der Waals surface area contributed by atoms with E-state index in [1.165, 1.54) is 0 Å². The van der Waals surface area contributed by atoms with Crippen LogP contribution in [-0.2, 0) is 11.3 Å². The maximum Gasteiger partial charge on any atom is 0.288 e. The molecule has 0 aliphatic carbocycles. The molecule has 1 fully saturated rings. The van der Waals surface area contributed by atoms with Gasteiger partial charge in [-0.15, -0.1) is 0 Å². The molecular weight excluding hydrogens is 436 g/mol. The second-order valence-electron chi connectivity index (χ2n) is 7.56. The smallest absolute Gasteiger partial charge is 0.288 e. The van der Waals surface area contributed by atoms with Gasteiger partial charge in [0.05, 0.1) is 20.3 Å². The van der Waals surface area contributed by atoms with E-state index in [4.69, 9.17) is 9.47 Å². The van der Waals surface area contributed by atoms with E-state index in [1.54, 1.807) is 38.5 Å². The molecule has 174 valence electrons. The van der Waals surface area contributed by atoms with Crippen molar-refractivity contribution in [1.82, 2.24) is 9.80 Å².